The molecular weight excluding hydrogens is 607 g/mol. The summed E-state index contributed by atoms with van der Waals surface area (Å²) in [5.74, 6) is -4.57. The van der Waals surface area contributed by atoms with Gasteiger partial charge in [-0.3, -0.25) is 14.2 Å². The minimum absolute atomic E-state index is 0.140. The van der Waals surface area contributed by atoms with E-state index in [9.17, 15) is 27.9 Å². The van der Waals surface area contributed by atoms with E-state index < -0.39 is 45.6 Å². The molecule has 6 aromatic rings. The third-order valence-electron chi connectivity index (χ3n) is 7.63. The lowest BCUT2D eigenvalue weighted by Gasteiger charge is -2.16. The Bertz CT molecular complexity index is 2180. The molecule has 0 unspecified atom stereocenters. The zero-order valence-electron chi connectivity index (χ0n) is 23.0. The molecule has 4 aromatic heterocycles. The van der Waals surface area contributed by atoms with Gasteiger partial charge >= 0.3 is 0 Å². The summed E-state index contributed by atoms with van der Waals surface area (Å²) in [6, 6.07) is 12.8. The number of nitrogen functional groups attached to an aromatic ring is 1. The number of hydrogen-bond donors (Lipinski definition) is 3. The normalized spacial score (nSPS) is 14.1. The van der Waals surface area contributed by atoms with Crippen LogP contribution in [0.2, 0.25) is 0 Å². The van der Waals surface area contributed by atoms with Gasteiger partial charge in [-0.05, 0) is 66.4 Å². The van der Waals surface area contributed by atoms with E-state index in [1.165, 1.54) is 0 Å². The van der Waals surface area contributed by atoms with Crippen molar-refractivity contribution in [3.8, 4) is 33.5 Å². The van der Waals surface area contributed by atoms with Gasteiger partial charge in [0.1, 0.15) is 22.0 Å². The van der Waals surface area contributed by atoms with E-state index in [4.69, 9.17) is 15.7 Å². The quantitative estimate of drug-likeness (QED) is 0.204. The molecule has 4 N–H and O–H groups in total. The number of aryl methyl sites for hydroxylation is 1. The number of rotatable bonds is 6. The highest BCUT2D eigenvalue weighted by atomic mass is 32.1. The number of pyridine rings is 2. The van der Waals surface area contributed by atoms with Crippen molar-refractivity contribution in [2.24, 2.45) is 0 Å². The van der Waals surface area contributed by atoms with Gasteiger partial charge in [0, 0.05) is 11.9 Å². The van der Waals surface area contributed by atoms with Gasteiger partial charge in [0.25, 0.3) is 5.91 Å². The number of aromatic nitrogens is 5. The second-order valence-corrected chi connectivity index (χ2v) is 11.3. The Balaban J connectivity index is 1.29. The maximum atomic E-state index is 14.5. The summed E-state index contributed by atoms with van der Waals surface area (Å²) in [4.78, 5) is 42.1. The molecule has 0 aliphatic heterocycles. The lowest BCUT2D eigenvalue weighted by molar-refractivity contribution is 0.0931. The fourth-order valence-electron chi connectivity index (χ4n) is 5.50. The molecule has 0 saturated heterocycles. The summed E-state index contributed by atoms with van der Waals surface area (Å²) in [5, 5.41) is 12.3. The number of imidazole rings is 1. The molecule has 1 atom stereocenters. The predicted molar refractivity (Wildman–Crippen MR) is 160 cm³/mol. The fraction of sp³-hybridized carbons (Fsp3) is 0.0968. The molecule has 7 rings (SSSR count). The highest BCUT2D eigenvalue weighted by Gasteiger charge is 2.29. The number of anilines is 1. The summed E-state index contributed by atoms with van der Waals surface area (Å²) in [6.45, 7) is 0. The third kappa shape index (κ3) is 4.75. The lowest BCUT2D eigenvalue weighted by Crippen LogP contribution is -2.28. The van der Waals surface area contributed by atoms with Crippen molar-refractivity contribution in [2.75, 3.05) is 5.73 Å². The predicted octanol–water partition coefficient (Wildman–Crippen LogP) is 5.54. The van der Waals surface area contributed by atoms with E-state index in [0.717, 1.165) is 34.7 Å². The molecule has 224 valence electrons. The highest BCUT2D eigenvalue weighted by Crippen LogP contribution is 2.37. The number of phenols is 1. The number of amides is 1. The SMILES string of the molecule is Nc1ncccc1-c1nc2ccc(-c3ncc(F)s3)nc2n1-c1ccc2c(c1)CC[C@@H]2NC(=O)c1cc(C=O)c(O)c(F)c1F. The van der Waals surface area contributed by atoms with Gasteiger partial charge in [0.15, 0.2) is 34.5 Å². The minimum atomic E-state index is -1.67. The lowest BCUT2D eigenvalue weighted by atomic mass is 10.0. The zero-order chi connectivity index (χ0) is 31.4. The van der Waals surface area contributed by atoms with Crippen molar-refractivity contribution >= 4 is 40.5 Å². The van der Waals surface area contributed by atoms with Gasteiger partial charge in [-0.2, -0.15) is 8.78 Å². The first-order valence-corrected chi connectivity index (χ1v) is 14.4. The van der Waals surface area contributed by atoms with E-state index in [-0.39, 0.29) is 12.1 Å². The second-order valence-electron chi connectivity index (χ2n) is 10.3. The largest absolute Gasteiger partial charge is 0.504 e. The third-order valence-corrected chi connectivity index (χ3v) is 8.44. The first kappa shape index (κ1) is 28.2. The standard InChI is InChI=1S/C31H20F3N7O3S/c32-23-12-37-31(45-23)22-8-7-21-29(39-22)41(28(38-21)18-2-1-9-36-27(18)35)16-4-5-17-14(10-16)3-6-20(17)40-30(44)19-11-15(13-42)26(43)25(34)24(19)33/h1-2,4-5,7-13,20,43H,3,6H2,(H2,35,36)(H,40,44)/t20-/m0/s1. The molecule has 0 saturated carbocycles. The molecule has 45 heavy (non-hydrogen) atoms. The van der Waals surface area contributed by atoms with E-state index in [2.05, 4.69) is 15.3 Å². The molecule has 0 fully saturated rings. The summed E-state index contributed by atoms with van der Waals surface area (Å²) < 4.78 is 44.2. The first-order chi connectivity index (χ1) is 21.7. The van der Waals surface area contributed by atoms with Crippen LogP contribution in [0.15, 0.2) is 60.9 Å². The average molecular weight is 628 g/mol. The summed E-state index contributed by atoms with van der Waals surface area (Å²) >= 11 is 0.872. The van der Waals surface area contributed by atoms with Crippen LogP contribution in [-0.2, 0) is 6.42 Å². The van der Waals surface area contributed by atoms with Crippen molar-refractivity contribution in [3.63, 3.8) is 0 Å². The summed E-state index contributed by atoms with van der Waals surface area (Å²) in [7, 11) is 0. The van der Waals surface area contributed by atoms with Crippen molar-refractivity contribution in [2.45, 2.75) is 18.9 Å². The Morgan fingerprint density at radius 3 is 2.69 bits per heavy atom. The second kappa shape index (κ2) is 10.8. The van der Waals surface area contributed by atoms with E-state index >= 15 is 0 Å². The van der Waals surface area contributed by atoms with Gasteiger partial charge in [-0.1, -0.05) is 17.4 Å². The zero-order valence-corrected chi connectivity index (χ0v) is 23.8. The van der Waals surface area contributed by atoms with Crippen molar-refractivity contribution in [1.29, 1.82) is 0 Å². The van der Waals surface area contributed by atoms with Gasteiger partial charge in [-0.15, -0.1) is 0 Å². The van der Waals surface area contributed by atoms with Crippen LogP contribution in [0.1, 0.15) is 44.3 Å². The molecular formula is C31H20F3N7O3S. The Kier molecular flexibility index (Phi) is 6.77. The number of nitrogens with one attached hydrogen (secondary N) is 1. The number of carbonyl (C=O) groups is 2. The van der Waals surface area contributed by atoms with Gasteiger partial charge in [0.2, 0.25) is 5.82 Å². The number of halogens is 3. The molecule has 1 aliphatic rings. The first-order valence-electron chi connectivity index (χ1n) is 13.6. The van der Waals surface area contributed by atoms with Crippen LogP contribution in [0, 0.1) is 16.8 Å². The van der Waals surface area contributed by atoms with Crippen LogP contribution in [0.3, 0.4) is 0 Å². The van der Waals surface area contributed by atoms with E-state index in [0.29, 0.717) is 51.8 Å². The number of carbonyl (C=O) groups excluding carboxylic acids is 2. The molecule has 14 heteroatoms. The van der Waals surface area contributed by atoms with E-state index in [1.54, 1.807) is 30.5 Å². The minimum Gasteiger partial charge on any atom is -0.504 e. The number of phenolic OH excluding ortho intramolecular Hbond substituents is 1. The molecule has 4 heterocycles. The summed E-state index contributed by atoms with van der Waals surface area (Å²) in [6.07, 6.45) is 3.86. The number of hydrogen-bond acceptors (Lipinski definition) is 9. The van der Waals surface area contributed by atoms with Crippen LogP contribution in [0.4, 0.5) is 19.0 Å². The van der Waals surface area contributed by atoms with Gasteiger partial charge in [-0.25, -0.2) is 24.3 Å². The van der Waals surface area contributed by atoms with Crippen LogP contribution >= 0.6 is 11.3 Å². The number of thiazole rings is 1. The molecule has 1 aliphatic carbocycles. The monoisotopic (exact) mass is 627 g/mol. The highest BCUT2D eigenvalue weighted by molar-refractivity contribution is 7.13. The average Bonchev–Trinajstić information content (AvgIpc) is 3.76. The maximum absolute atomic E-state index is 14.5. The maximum Gasteiger partial charge on any atom is 0.254 e. The summed E-state index contributed by atoms with van der Waals surface area (Å²) in [5.41, 5.74) is 9.39. The van der Waals surface area contributed by atoms with Crippen LogP contribution in [-0.4, -0.2) is 41.8 Å². The number of aldehydes is 1. The van der Waals surface area contributed by atoms with Crippen LogP contribution < -0.4 is 11.1 Å². The fourth-order valence-corrected chi connectivity index (χ4v) is 6.11. The van der Waals surface area contributed by atoms with Gasteiger partial charge in [0.05, 0.1) is 28.9 Å². The molecule has 0 radical (unpaired) electrons. The number of nitrogens with zero attached hydrogens (tertiary/aromatic N) is 5. The Morgan fingerprint density at radius 2 is 1.93 bits per heavy atom. The smallest absolute Gasteiger partial charge is 0.254 e. The number of aromatic hydroxyl groups is 1. The molecule has 2 aromatic carbocycles. The molecule has 1 amide bonds. The Labute approximate surface area is 256 Å². The Morgan fingerprint density at radius 1 is 1.09 bits per heavy atom. The van der Waals surface area contributed by atoms with Crippen molar-refractivity contribution in [1.82, 2.24) is 29.8 Å². The van der Waals surface area contributed by atoms with Crippen LogP contribution in [0.5, 0.6) is 5.75 Å². The Hall–Kier alpha value is -5.63. The molecule has 0 spiro atoms. The number of fused-ring (bicyclic) bond motifs is 2. The number of nitrogens with two attached hydrogens (primary N) is 1. The topological polar surface area (TPSA) is 149 Å². The van der Waals surface area contributed by atoms with Crippen LogP contribution in [0.25, 0.3) is 38.9 Å². The van der Waals surface area contributed by atoms with Crippen molar-refractivity contribution in [3.05, 3.63) is 99.9 Å². The van der Waals surface area contributed by atoms with Crippen molar-refractivity contribution < 1.29 is 27.9 Å². The molecule has 0 bridgehead atoms. The number of benzene rings is 2. The van der Waals surface area contributed by atoms with E-state index in [1.807, 2.05) is 22.8 Å². The molecule has 10 nitrogen and oxygen atoms in total. The van der Waals surface area contributed by atoms with Gasteiger partial charge < -0.3 is 16.2 Å².